The van der Waals surface area contributed by atoms with Gasteiger partial charge in [-0.2, -0.15) is 5.10 Å². The summed E-state index contributed by atoms with van der Waals surface area (Å²) in [5.41, 5.74) is 3.79. The van der Waals surface area contributed by atoms with Crippen molar-refractivity contribution in [1.82, 2.24) is 9.78 Å². The van der Waals surface area contributed by atoms with Crippen molar-refractivity contribution in [2.24, 2.45) is 7.05 Å². The third kappa shape index (κ3) is 3.23. The molecule has 21 heavy (non-hydrogen) atoms. The topological polar surface area (TPSA) is 17.8 Å². The van der Waals surface area contributed by atoms with Crippen molar-refractivity contribution in [3.8, 4) is 0 Å². The Labute approximate surface area is 141 Å². The minimum absolute atomic E-state index is 0.348. The predicted molar refractivity (Wildman–Crippen MR) is 91.0 cm³/mol. The highest BCUT2D eigenvalue weighted by atomic mass is 35.5. The summed E-state index contributed by atoms with van der Waals surface area (Å²) in [5, 5.41) is 5.07. The quantitative estimate of drug-likeness (QED) is 0.721. The monoisotopic (exact) mass is 344 g/mol. The van der Waals surface area contributed by atoms with Gasteiger partial charge in [0, 0.05) is 30.6 Å². The Morgan fingerprint density at radius 3 is 2.33 bits per heavy atom. The van der Waals surface area contributed by atoms with Crippen molar-refractivity contribution < 1.29 is 0 Å². The van der Waals surface area contributed by atoms with Gasteiger partial charge in [-0.1, -0.05) is 41.4 Å². The predicted octanol–water partition coefficient (Wildman–Crippen LogP) is 4.65. The summed E-state index contributed by atoms with van der Waals surface area (Å²) >= 11 is 19.0. The third-order valence-corrected chi connectivity index (χ3v) is 5.42. The maximum Gasteiger partial charge on any atom is 0.0847 e. The Hall–Kier alpha value is -0.700. The fourth-order valence-corrected chi connectivity index (χ4v) is 3.56. The number of aryl methyl sites for hydroxylation is 3. The van der Waals surface area contributed by atoms with E-state index in [-0.39, 0.29) is 5.41 Å². The van der Waals surface area contributed by atoms with Gasteiger partial charge in [0.1, 0.15) is 0 Å². The van der Waals surface area contributed by atoms with Crippen molar-refractivity contribution in [3.63, 3.8) is 0 Å². The van der Waals surface area contributed by atoms with E-state index in [1.807, 2.05) is 24.7 Å². The van der Waals surface area contributed by atoms with Gasteiger partial charge in [-0.25, -0.2) is 0 Å². The Balaban J connectivity index is 2.48. The number of benzene rings is 1. The van der Waals surface area contributed by atoms with Crippen LogP contribution in [0.15, 0.2) is 24.3 Å². The Morgan fingerprint density at radius 2 is 1.86 bits per heavy atom. The van der Waals surface area contributed by atoms with Crippen LogP contribution in [0, 0.1) is 13.8 Å². The lowest BCUT2D eigenvalue weighted by Crippen LogP contribution is -2.34. The lowest BCUT2D eigenvalue weighted by molar-refractivity contribution is 0.510. The lowest BCUT2D eigenvalue weighted by atomic mass is 9.79. The first-order valence-electron chi connectivity index (χ1n) is 6.80. The molecule has 1 aromatic carbocycles. The maximum atomic E-state index is 6.38. The van der Waals surface area contributed by atoms with Gasteiger partial charge in [0.2, 0.25) is 0 Å². The molecule has 2 nitrogen and oxygen atoms in total. The van der Waals surface area contributed by atoms with E-state index in [0.29, 0.717) is 23.2 Å². The first kappa shape index (κ1) is 16.7. The summed E-state index contributed by atoms with van der Waals surface area (Å²) in [6.45, 7) is 3.97. The number of aromatic nitrogens is 2. The normalized spacial score (nSPS) is 11.9. The van der Waals surface area contributed by atoms with Crippen LogP contribution in [-0.2, 0) is 18.9 Å². The van der Waals surface area contributed by atoms with Crippen LogP contribution in [0.3, 0.4) is 0 Å². The summed E-state index contributed by atoms with van der Waals surface area (Å²) in [5.74, 6) is 0.862. The zero-order valence-electron chi connectivity index (χ0n) is 12.5. The summed E-state index contributed by atoms with van der Waals surface area (Å²) in [6, 6.07) is 8.32. The maximum absolute atomic E-state index is 6.38. The van der Waals surface area contributed by atoms with Crippen LogP contribution in [0.4, 0.5) is 0 Å². The highest BCUT2D eigenvalue weighted by Crippen LogP contribution is 2.34. The number of halogens is 3. The Kier molecular flexibility index (Phi) is 5.24. The van der Waals surface area contributed by atoms with E-state index in [9.17, 15) is 0 Å². The third-order valence-electron chi connectivity index (χ3n) is 3.91. The van der Waals surface area contributed by atoms with E-state index in [2.05, 4.69) is 30.2 Å². The van der Waals surface area contributed by atoms with Crippen LogP contribution in [-0.4, -0.2) is 21.5 Å². The van der Waals surface area contributed by atoms with Crippen molar-refractivity contribution in [1.29, 1.82) is 0 Å². The van der Waals surface area contributed by atoms with E-state index in [0.717, 1.165) is 17.0 Å². The second kappa shape index (κ2) is 6.60. The van der Waals surface area contributed by atoms with Gasteiger partial charge in [0.25, 0.3) is 0 Å². The minimum Gasteiger partial charge on any atom is -0.271 e. The zero-order valence-corrected chi connectivity index (χ0v) is 14.7. The molecule has 0 bridgehead atoms. The molecule has 0 unspecified atom stereocenters. The standard InChI is InChI=1S/C16H19Cl3N2/c1-11-5-4-6-13(7-11)16(9-17,10-18)8-14-15(19)12(2)20-21(14)3/h4-7H,8-10H2,1-3H3. The van der Waals surface area contributed by atoms with E-state index in [1.54, 1.807) is 0 Å². The van der Waals surface area contributed by atoms with Gasteiger partial charge in [0.05, 0.1) is 16.4 Å². The molecule has 0 N–H and O–H groups in total. The molecule has 114 valence electrons. The molecular formula is C16H19Cl3N2. The van der Waals surface area contributed by atoms with E-state index in [1.165, 1.54) is 5.56 Å². The molecule has 0 spiro atoms. The van der Waals surface area contributed by atoms with Crippen molar-refractivity contribution in [2.75, 3.05) is 11.8 Å². The molecule has 0 aliphatic rings. The molecule has 0 radical (unpaired) electrons. The highest BCUT2D eigenvalue weighted by molar-refractivity contribution is 6.32. The average molecular weight is 346 g/mol. The molecule has 1 aromatic heterocycles. The molecule has 0 saturated heterocycles. The van der Waals surface area contributed by atoms with Crippen molar-refractivity contribution >= 4 is 34.8 Å². The van der Waals surface area contributed by atoms with Gasteiger partial charge in [-0.3, -0.25) is 4.68 Å². The summed E-state index contributed by atoms with van der Waals surface area (Å²) < 4.78 is 1.82. The van der Waals surface area contributed by atoms with Crippen LogP contribution >= 0.6 is 34.8 Å². The molecule has 0 saturated carbocycles. The molecule has 0 fully saturated rings. The second-order valence-corrected chi connectivity index (χ2v) is 6.48. The molecule has 0 atom stereocenters. The van der Waals surface area contributed by atoms with E-state index < -0.39 is 0 Å². The first-order chi connectivity index (χ1) is 9.93. The number of hydrogen-bond donors (Lipinski definition) is 0. The fraction of sp³-hybridized carbons (Fsp3) is 0.438. The molecule has 0 amide bonds. The molecule has 5 heteroatoms. The Morgan fingerprint density at radius 1 is 1.19 bits per heavy atom. The van der Waals surface area contributed by atoms with Gasteiger partial charge in [-0.05, 0) is 19.4 Å². The largest absolute Gasteiger partial charge is 0.271 e. The summed E-state index contributed by atoms with van der Waals surface area (Å²) in [6.07, 6.45) is 0.666. The SMILES string of the molecule is Cc1cccc(C(CCl)(CCl)Cc2c(Cl)c(C)nn2C)c1. The Bertz CT molecular complexity index is 630. The van der Waals surface area contributed by atoms with Gasteiger partial charge >= 0.3 is 0 Å². The fourth-order valence-electron chi connectivity index (χ4n) is 2.55. The summed E-state index contributed by atoms with van der Waals surface area (Å²) in [4.78, 5) is 0. The highest BCUT2D eigenvalue weighted by Gasteiger charge is 2.33. The molecule has 0 aliphatic carbocycles. The van der Waals surface area contributed by atoms with Crippen LogP contribution in [0.1, 0.15) is 22.5 Å². The van der Waals surface area contributed by atoms with Gasteiger partial charge in [-0.15, -0.1) is 23.2 Å². The molecular weight excluding hydrogens is 327 g/mol. The average Bonchev–Trinajstić information content (AvgIpc) is 2.70. The first-order valence-corrected chi connectivity index (χ1v) is 8.25. The number of hydrogen-bond acceptors (Lipinski definition) is 1. The lowest BCUT2D eigenvalue weighted by Gasteiger charge is -2.30. The van der Waals surface area contributed by atoms with Crippen LogP contribution in [0.25, 0.3) is 0 Å². The van der Waals surface area contributed by atoms with Crippen LogP contribution < -0.4 is 0 Å². The van der Waals surface area contributed by atoms with Crippen molar-refractivity contribution in [3.05, 3.63) is 51.8 Å². The van der Waals surface area contributed by atoms with Crippen LogP contribution in [0.5, 0.6) is 0 Å². The smallest absolute Gasteiger partial charge is 0.0847 e. The molecule has 0 aliphatic heterocycles. The van der Waals surface area contributed by atoms with Gasteiger partial charge in [0.15, 0.2) is 0 Å². The number of rotatable bonds is 5. The van der Waals surface area contributed by atoms with Crippen molar-refractivity contribution in [2.45, 2.75) is 25.7 Å². The second-order valence-electron chi connectivity index (χ2n) is 5.56. The van der Waals surface area contributed by atoms with Gasteiger partial charge < -0.3 is 0 Å². The number of alkyl halides is 2. The van der Waals surface area contributed by atoms with E-state index in [4.69, 9.17) is 34.8 Å². The number of nitrogens with zero attached hydrogens (tertiary/aromatic N) is 2. The molecule has 2 aromatic rings. The zero-order chi connectivity index (χ0) is 15.6. The molecule has 2 rings (SSSR count). The minimum atomic E-state index is -0.348. The van der Waals surface area contributed by atoms with E-state index >= 15 is 0 Å². The van der Waals surface area contributed by atoms with Crippen LogP contribution in [0.2, 0.25) is 5.02 Å². The summed E-state index contributed by atoms with van der Waals surface area (Å²) in [7, 11) is 1.90. The molecule has 1 heterocycles.